The molecule has 0 N–H and O–H groups in total. The molecule has 0 aromatic heterocycles. The summed E-state index contributed by atoms with van der Waals surface area (Å²) >= 11 is 5.17. The normalized spacial score (nSPS) is 48.6. The molecule has 0 bridgehead atoms. The molecule has 1 saturated carbocycles. The molecule has 0 radical (unpaired) electrons. The van der Waals surface area contributed by atoms with Crippen molar-refractivity contribution < 1.29 is 4.39 Å². The van der Waals surface area contributed by atoms with Crippen molar-refractivity contribution >= 4 is 11.6 Å². The van der Waals surface area contributed by atoms with Crippen molar-refractivity contribution in [3.63, 3.8) is 0 Å². The van der Waals surface area contributed by atoms with E-state index >= 15 is 0 Å². The van der Waals surface area contributed by atoms with E-state index in [0.29, 0.717) is 6.42 Å². The number of rotatable bonds is 1. The van der Waals surface area contributed by atoms with Gasteiger partial charge in [-0.25, -0.2) is 4.39 Å². The molecular weight excluding hydrogens is 115 g/mol. The molecule has 0 saturated heterocycles. The second-order valence-electron chi connectivity index (χ2n) is 1.81. The minimum Gasteiger partial charge on any atom is -0.226 e. The van der Waals surface area contributed by atoms with E-state index in [0.717, 1.165) is 0 Å². The topological polar surface area (TPSA) is 0 Å². The molecule has 0 aromatic carbocycles. The van der Waals surface area contributed by atoms with Crippen molar-refractivity contribution in [3.8, 4) is 0 Å². The lowest BCUT2D eigenvalue weighted by Gasteiger charge is -1.85. The Morgan fingerprint density at radius 1 is 2.00 bits per heavy atom. The smallest absolute Gasteiger partial charge is 0.190 e. The van der Waals surface area contributed by atoms with Gasteiger partial charge in [0.25, 0.3) is 0 Å². The van der Waals surface area contributed by atoms with Crippen LogP contribution in [0.15, 0.2) is 12.7 Å². The van der Waals surface area contributed by atoms with E-state index in [-0.39, 0.29) is 5.92 Å². The number of alkyl halides is 2. The van der Waals surface area contributed by atoms with Crippen molar-refractivity contribution in [1.82, 2.24) is 0 Å². The van der Waals surface area contributed by atoms with Crippen LogP contribution in [0.25, 0.3) is 0 Å². The Morgan fingerprint density at radius 2 is 2.43 bits per heavy atom. The molecule has 7 heavy (non-hydrogen) atoms. The summed E-state index contributed by atoms with van der Waals surface area (Å²) < 4.78 is 12.2. The Labute approximate surface area is 47.0 Å². The lowest BCUT2D eigenvalue weighted by atomic mass is 10.4. The zero-order chi connectivity index (χ0) is 5.49. The standard InChI is InChI=1S/C5H6ClF/c1-2-4-3-5(4,6)7/h2,4H,1,3H2/t4-,5?/m1/s1. The first-order chi connectivity index (χ1) is 3.17. The van der Waals surface area contributed by atoms with Gasteiger partial charge in [0.1, 0.15) is 0 Å². The monoisotopic (exact) mass is 120 g/mol. The molecule has 40 valence electrons. The predicted octanol–water partition coefficient (Wildman–Crippen LogP) is 2.10. The average molecular weight is 121 g/mol. The van der Waals surface area contributed by atoms with Crippen molar-refractivity contribution in [3.05, 3.63) is 12.7 Å². The molecule has 1 rings (SSSR count). The van der Waals surface area contributed by atoms with Gasteiger partial charge in [-0.3, -0.25) is 0 Å². The number of hydrogen-bond donors (Lipinski definition) is 0. The highest BCUT2D eigenvalue weighted by atomic mass is 35.5. The zero-order valence-corrected chi connectivity index (χ0v) is 4.58. The fraction of sp³-hybridized carbons (Fsp3) is 0.600. The summed E-state index contributed by atoms with van der Waals surface area (Å²) in [5.74, 6) is -0.0887. The fourth-order valence-corrected chi connectivity index (χ4v) is 0.745. The fourth-order valence-electron chi connectivity index (χ4n) is 0.490. The first kappa shape index (κ1) is 5.10. The molecule has 1 unspecified atom stereocenters. The predicted molar refractivity (Wildman–Crippen MR) is 28.0 cm³/mol. The summed E-state index contributed by atoms with van der Waals surface area (Å²) in [4.78, 5) is 0. The lowest BCUT2D eigenvalue weighted by Crippen LogP contribution is -1.85. The van der Waals surface area contributed by atoms with Gasteiger partial charge < -0.3 is 0 Å². The average Bonchev–Trinajstić information content (AvgIpc) is 2.13. The third kappa shape index (κ3) is 0.778. The number of halogens is 2. The molecule has 1 aliphatic carbocycles. The van der Waals surface area contributed by atoms with Gasteiger partial charge in [-0.2, -0.15) is 0 Å². The maximum absolute atomic E-state index is 12.2. The molecule has 0 aliphatic heterocycles. The van der Waals surface area contributed by atoms with E-state index in [9.17, 15) is 4.39 Å². The molecule has 2 heteroatoms. The highest BCUT2D eigenvalue weighted by Crippen LogP contribution is 2.51. The van der Waals surface area contributed by atoms with Gasteiger partial charge in [0.2, 0.25) is 0 Å². The van der Waals surface area contributed by atoms with Crippen LogP contribution in [-0.2, 0) is 0 Å². The van der Waals surface area contributed by atoms with Crippen molar-refractivity contribution in [2.24, 2.45) is 5.92 Å². The summed E-state index contributed by atoms with van der Waals surface area (Å²) in [5, 5.41) is -1.43. The highest BCUT2D eigenvalue weighted by Gasteiger charge is 2.51. The summed E-state index contributed by atoms with van der Waals surface area (Å²) in [6.45, 7) is 3.39. The highest BCUT2D eigenvalue weighted by molar-refractivity contribution is 6.25. The van der Waals surface area contributed by atoms with Gasteiger partial charge in [-0.05, 0) is 0 Å². The number of hydrogen-bond acceptors (Lipinski definition) is 0. The molecule has 0 aromatic rings. The molecule has 0 amide bonds. The minimum atomic E-state index is -1.43. The summed E-state index contributed by atoms with van der Waals surface area (Å²) in [6.07, 6.45) is 1.99. The van der Waals surface area contributed by atoms with Crippen LogP contribution in [0, 0.1) is 5.92 Å². The molecule has 1 fully saturated rings. The molecule has 0 nitrogen and oxygen atoms in total. The molecular formula is C5H6ClF. The Balaban J connectivity index is 2.44. The van der Waals surface area contributed by atoms with Crippen LogP contribution in [0.2, 0.25) is 0 Å². The van der Waals surface area contributed by atoms with Crippen LogP contribution in [0.3, 0.4) is 0 Å². The van der Waals surface area contributed by atoms with Crippen molar-refractivity contribution in [1.29, 1.82) is 0 Å². The largest absolute Gasteiger partial charge is 0.226 e. The van der Waals surface area contributed by atoms with Crippen LogP contribution >= 0.6 is 11.6 Å². The summed E-state index contributed by atoms with van der Waals surface area (Å²) in [6, 6.07) is 0. The van der Waals surface area contributed by atoms with Gasteiger partial charge >= 0.3 is 0 Å². The van der Waals surface area contributed by atoms with E-state index in [4.69, 9.17) is 11.6 Å². The maximum Gasteiger partial charge on any atom is 0.190 e. The van der Waals surface area contributed by atoms with E-state index in [1.54, 1.807) is 6.08 Å². The first-order valence-corrected chi connectivity index (χ1v) is 2.55. The van der Waals surface area contributed by atoms with Gasteiger partial charge in [0.05, 0.1) is 0 Å². The Kier molecular flexibility index (Phi) is 0.890. The molecule has 2 atom stereocenters. The second kappa shape index (κ2) is 1.22. The Hall–Kier alpha value is -0.0400. The van der Waals surface area contributed by atoms with Gasteiger partial charge in [0, 0.05) is 12.3 Å². The van der Waals surface area contributed by atoms with Crippen molar-refractivity contribution in [2.75, 3.05) is 0 Å². The van der Waals surface area contributed by atoms with Gasteiger partial charge in [-0.15, -0.1) is 6.58 Å². The lowest BCUT2D eigenvalue weighted by molar-refractivity contribution is 0.411. The summed E-state index contributed by atoms with van der Waals surface area (Å²) in [7, 11) is 0. The third-order valence-electron chi connectivity index (χ3n) is 1.16. The van der Waals surface area contributed by atoms with Crippen molar-refractivity contribution in [2.45, 2.75) is 11.5 Å². The second-order valence-corrected chi connectivity index (χ2v) is 2.44. The first-order valence-electron chi connectivity index (χ1n) is 2.17. The zero-order valence-electron chi connectivity index (χ0n) is 3.82. The molecule has 1 aliphatic rings. The quantitative estimate of drug-likeness (QED) is 0.367. The van der Waals surface area contributed by atoms with E-state index in [1.165, 1.54) is 0 Å². The van der Waals surface area contributed by atoms with Crippen LogP contribution in [0.4, 0.5) is 4.39 Å². The van der Waals surface area contributed by atoms with Crippen LogP contribution in [0.1, 0.15) is 6.42 Å². The van der Waals surface area contributed by atoms with Crippen LogP contribution < -0.4 is 0 Å². The maximum atomic E-state index is 12.2. The number of allylic oxidation sites excluding steroid dienone is 1. The van der Waals surface area contributed by atoms with E-state index in [2.05, 4.69) is 6.58 Å². The van der Waals surface area contributed by atoms with E-state index in [1.807, 2.05) is 0 Å². The van der Waals surface area contributed by atoms with Gasteiger partial charge in [0.15, 0.2) is 5.13 Å². The summed E-state index contributed by atoms with van der Waals surface area (Å²) in [5.41, 5.74) is 0. The Morgan fingerprint density at radius 3 is 2.43 bits per heavy atom. The Bertz CT molecular complexity index is 98.3. The molecule has 0 heterocycles. The van der Waals surface area contributed by atoms with E-state index < -0.39 is 5.13 Å². The van der Waals surface area contributed by atoms with Crippen LogP contribution in [-0.4, -0.2) is 5.13 Å². The third-order valence-corrected chi connectivity index (χ3v) is 1.59. The SMILES string of the molecule is C=C[C@@H]1CC1(F)Cl. The van der Waals surface area contributed by atoms with Gasteiger partial charge in [-0.1, -0.05) is 17.7 Å². The molecule has 0 spiro atoms. The van der Waals surface area contributed by atoms with Crippen LogP contribution in [0.5, 0.6) is 0 Å². The minimum absolute atomic E-state index is 0.0887.